The first-order valence-corrected chi connectivity index (χ1v) is 9.45. The molecule has 1 aliphatic heterocycles. The molecule has 0 saturated carbocycles. The monoisotopic (exact) mass is 377 g/mol. The van der Waals surface area contributed by atoms with Gasteiger partial charge >= 0.3 is 5.97 Å². The lowest BCUT2D eigenvalue weighted by Gasteiger charge is -2.30. The summed E-state index contributed by atoms with van der Waals surface area (Å²) >= 11 is 6.03. The van der Waals surface area contributed by atoms with Gasteiger partial charge in [0.15, 0.2) is 5.76 Å². The largest absolute Gasteiger partial charge is 0.421 e. The molecule has 0 radical (unpaired) electrons. The summed E-state index contributed by atoms with van der Waals surface area (Å²) in [7, 11) is -3.68. The van der Waals surface area contributed by atoms with Crippen molar-refractivity contribution < 1.29 is 17.9 Å². The fourth-order valence-electron chi connectivity index (χ4n) is 2.55. The first-order chi connectivity index (χ1) is 11.8. The number of esters is 1. The lowest BCUT2D eigenvalue weighted by atomic mass is 10.2. The van der Waals surface area contributed by atoms with Crippen molar-refractivity contribution >= 4 is 33.4 Å². The van der Waals surface area contributed by atoms with Gasteiger partial charge in [-0.3, -0.25) is 4.31 Å². The Morgan fingerprint density at radius 1 is 1.08 bits per heavy atom. The van der Waals surface area contributed by atoms with E-state index in [-0.39, 0.29) is 27.3 Å². The van der Waals surface area contributed by atoms with Crippen LogP contribution in [0, 0.1) is 0 Å². The molecule has 130 valence electrons. The minimum absolute atomic E-state index is 0.105. The molecule has 0 spiro atoms. The molecule has 2 aromatic rings. The number of hydrogen-bond acceptors (Lipinski definition) is 4. The topological polar surface area (TPSA) is 63.7 Å². The van der Waals surface area contributed by atoms with Gasteiger partial charge < -0.3 is 4.74 Å². The van der Waals surface area contributed by atoms with Crippen molar-refractivity contribution in [1.29, 1.82) is 0 Å². The average molecular weight is 378 g/mol. The summed E-state index contributed by atoms with van der Waals surface area (Å²) < 4.78 is 32.1. The second-order valence-electron chi connectivity index (χ2n) is 5.79. The molecule has 0 aliphatic carbocycles. The van der Waals surface area contributed by atoms with Crippen LogP contribution in [0.5, 0.6) is 0 Å². The first-order valence-electron chi connectivity index (χ1n) is 7.64. The van der Waals surface area contributed by atoms with Crippen molar-refractivity contribution in [1.82, 2.24) is 4.31 Å². The van der Waals surface area contributed by atoms with Crippen molar-refractivity contribution in [2.75, 3.05) is 0 Å². The van der Waals surface area contributed by atoms with E-state index in [1.807, 2.05) is 0 Å². The van der Waals surface area contributed by atoms with Gasteiger partial charge in [-0.1, -0.05) is 35.9 Å². The molecule has 0 unspecified atom stereocenters. The van der Waals surface area contributed by atoms with Gasteiger partial charge in [-0.05, 0) is 38.1 Å². The van der Waals surface area contributed by atoms with Crippen molar-refractivity contribution in [2.45, 2.75) is 24.8 Å². The Morgan fingerprint density at radius 3 is 2.40 bits per heavy atom. The minimum Gasteiger partial charge on any atom is -0.421 e. The Labute approximate surface area is 151 Å². The molecule has 2 aromatic carbocycles. The molecular formula is C18H16ClNO4S. The molecule has 1 heterocycles. The Hall–Kier alpha value is -2.31. The smallest absolute Gasteiger partial charge is 0.345 e. The molecule has 5 nitrogen and oxygen atoms in total. The van der Waals surface area contributed by atoms with Gasteiger partial charge in [0.25, 0.3) is 10.0 Å². The lowest BCUT2D eigenvalue weighted by Crippen LogP contribution is -2.35. The fourth-order valence-corrected chi connectivity index (χ4v) is 4.48. The second-order valence-corrected chi connectivity index (χ2v) is 8.01. The standard InChI is InChI=1S/C18H16ClNO4S/c1-12(2)20-11-16(14-8-4-6-10-17(14)25(20,22)23)24-18(21)13-7-3-5-9-15(13)19/h3-12H,1-2H3. The van der Waals surface area contributed by atoms with Crippen LogP contribution >= 0.6 is 11.6 Å². The van der Waals surface area contributed by atoms with Crippen LogP contribution in [0.15, 0.2) is 59.6 Å². The number of rotatable bonds is 3. The first kappa shape index (κ1) is 17.5. The van der Waals surface area contributed by atoms with E-state index >= 15 is 0 Å². The summed E-state index contributed by atoms with van der Waals surface area (Å²) in [4.78, 5) is 12.6. The molecule has 0 bridgehead atoms. The van der Waals surface area contributed by atoms with Crippen molar-refractivity contribution in [2.24, 2.45) is 0 Å². The highest BCUT2D eigenvalue weighted by Gasteiger charge is 2.34. The third-order valence-corrected chi connectivity index (χ3v) is 6.08. The molecule has 25 heavy (non-hydrogen) atoms. The normalized spacial score (nSPS) is 15.5. The number of nitrogens with zero attached hydrogens (tertiary/aromatic N) is 1. The van der Waals surface area contributed by atoms with Gasteiger partial charge in [-0.15, -0.1) is 0 Å². The summed E-state index contributed by atoms with van der Waals surface area (Å²) in [6, 6.07) is 12.6. The maximum absolute atomic E-state index is 12.7. The van der Waals surface area contributed by atoms with Crippen LogP contribution in [0.3, 0.4) is 0 Å². The molecule has 1 aliphatic rings. The maximum Gasteiger partial charge on any atom is 0.345 e. The molecule has 0 N–H and O–H groups in total. The summed E-state index contributed by atoms with van der Waals surface area (Å²) in [5.41, 5.74) is 0.562. The van der Waals surface area contributed by atoms with Crippen molar-refractivity contribution in [3.8, 4) is 0 Å². The van der Waals surface area contributed by atoms with E-state index in [1.54, 1.807) is 56.3 Å². The van der Waals surface area contributed by atoms with E-state index in [4.69, 9.17) is 16.3 Å². The molecule has 0 atom stereocenters. The number of ether oxygens (including phenoxy) is 1. The third-order valence-electron chi connectivity index (χ3n) is 3.76. The molecule has 0 saturated heterocycles. The highest BCUT2D eigenvalue weighted by molar-refractivity contribution is 7.89. The number of sulfonamides is 1. The number of carbonyl (C=O) groups excluding carboxylic acids is 1. The van der Waals surface area contributed by atoms with E-state index < -0.39 is 16.0 Å². The quantitative estimate of drug-likeness (QED) is 0.761. The molecule has 7 heteroatoms. The van der Waals surface area contributed by atoms with Gasteiger partial charge in [0.1, 0.15) is 0 Å². The molecule has 0 aromatic heterocycles. The van der Waals surface area contributed by atoms with E-state index in [0.717, 1.165) is 0 Å². The highest BCUT2D eigenvalue weighted by atomic mass is 35.5. The molecular weight excluding hydrogens is 362 g/mol. The number of carbonyl (C=O) groups is 1. The van der Waals surface area contributed by atoms with Crippen LogP contribution in [-0.2, 0) is 14.8 Å². The van der Waals surface area contributed by atoms with Gasteiger partial charge in [0, 0.05) is 11.6 Å². The van der Waals surface area contributed by atoms with Crippen LogP contribution in [0.2, 0.25) is 5.02 Å². The van der Waals surface area contributed by atoms with E-state index in [0.29, 0.717) is 5.56 Å². The molecule has 0 amide bonds. The minimum atomic E-state index is -3.68. The Morgan fingerprint density at radius 2 is 1.72 bits per heavy atom. The average Bonchev–Trinajstić information content (AvgIpc) is 2.57. The van der Waals surface area contributed by atoms with Crippen LogP contribution in [0.4, 0.5) is 0 Å². The lowest BCUT2D eigenvalue weighted by molar-refractivity contribution is 0.0688. The summed E-state index contributed by atoms with van der Waals surface area (Å²) in [6.07, 6.45) is 1.34. The zero-order valence-corrected chi connectivity index (χ0v) is 15.2. The Bertz CT molecular complexity index is 967. The van der Waals surface area contributed by atoms with Gasteiger partial charge in [-0.2, -0.15) is 0 Å². The number of halogens is 1. The highest BCUT2D eigenvalue weighted by Crippen LogP contribution is 2.34. The predicted octanol–water partition coefficient (Wildman–Crippen LogP) is 3.91. The zero-order chi connectivity index (χ0) is 18.2. The second kappa shape index (κ2) is 6.54. The summed E-state index contributed by atoms with van der Waals surface area (Å²) in [6.45, 7) is 3.49. The zero-order valence-electron chi connectivity index (χ0n) is 13.6. The fraction of sp³-hybridized carbons (Fsp3) is 0.167. The van der Waals surface area contributed by atoms with Crippen LogP contribution < -0.4 is 0 Å². The SMILES string of the molecule is CC(C)N1C=C(OC(=O)c2ccccc2Cl)c2ccccc2S1(=O)=O. The van der Waals surface area contributed by atoms with E-state index in [9.17, 15) is 13.2 Å². The van der Waals surface area contributed by atoms with E-state index in [1.165, 1.54) is 16.6 Å². The molecule has 0 fully saturated rings. The van der Waals surface area contributed by atoms with Gasteiger partial charge in [0.05, 0.1) is 21.7 Å². The Kier molecular flexibility index (Phi) is 4.58. The maximum atomic E-state index is 12.7. The number of benzene rings is 2. The predicted molar refractivity (Wildman–Crippen MR) is 95.4 cm³/mol. The number of hydrogen-bond donors (Lipinski definition) is 0. The summed E-state index contributed by atoms with van der Waals surface area (Å²) in [5, 5.41) is 0.269. The van der Waals surface area contributed by atoms with Crippen molar-refractivity contribution in [3.63, 3.8) is 0 Å². The van der Waals surface area contributed by atoms with Crippen molar-refractivity contribution in [3.05, 3.63) is 70.9 Å². The van der Waals surface area contributed by atoms with Crippen LogP contribution in [0.25, 0.3) is 5.76 Å². The van der Waals surface area contributed by atoms with E-state index in [2.05, 4.69) is 0 Å². The molecule has 3 rings (SSSR count). The van der Waals surface area contributed by atoms with Gasteiger partial charge in [0.2, 0.25) is 0 Å². The van der Waals surface area contributed by atoms with Crippen LogP contribution in [0.1, 0.15) is 29.8 Å². The third kappa shape index (κ3) is 3.15. The van der Waals surface area contributed by atoms with Crippen LogP contribution in [-0.4, -0.2) is 24.7 Å². The van der Waals surface area contributed by atoms with Gasteiger partial charge in [-0.25, -0.2) is 13.2 Å². The Balaban J connectivity index is 2.06. The number of fused-ring (bicyclic) bond motifs is 1. The summed E-state index contributed by atoms with van der Waals surface area (Å²) in [5.74, 6) is -0.473.